The van der Waals surface area contributed by atoms with Gasteiger partial charge < -0.3 is 15.4 Å². The monoisotopic (exact) mass is 416 g/mol. The van der Waals surface area contributed by atoms with E-state index < -0.39 is 24.0 Å². The predicted octanol–water partition coefficient (Wildman–Crippen LogP) is 3.07. The minimum Gasteiger partial charge on any atom is -0.448 e. The van der Waals surface area contributed by atoms with E-state index in [0.29, 0.717) is 11.7 Å². The van der Waals surface area contributed by atoms with Gasteiger partial charge in [-0.15, -0.1) is 11.3 Å². The molecule has 1 fully saturated rings. The van der Waals surface area contributed by atoms with Crippen LogP contribution in [0.5, 0.6) is 0 Å². The van der Waals surface area contributed by atoms with Crippen LogP contribution in [0.4, 0.5) is 9.93 Å². The van der Waals surface area contributed by atoms with E-state index in [9.17, 15) is 14.4 Å². The summed E-state index contributed by atoms with van der Waals surface area (Å²) in [6, 6.07) is 9.34. The first-order valence-electron chi connectivity index (χ1n) is 9.57. The van der Waals surface area contributed by atoms with E-state index in [-0.39, 0.29) is 11.7 Å². The van der Waals surface area contributed by atoms with Gasteiger partial charge in [0.05, 0.1) is 0 Å². The average molecular weight is 417 g/mol. The topological polar surface area (TPSA) is 109 Å². The Morgan fingerprint density at radius 3 is 2.66 bits per heavy atom. The molecule has 0 aliphatic heterocycles. The highest BCUT2D eigenvalue weighted by molar-refractivity contribution is 7.13. The molecule has 3 rings (SSSR count). The zero-order chi connectivity index (χ0) is 20.6. The van der Waals surface area contributed by atoms with Gasteiger partial charge in [-0.05, 0) is 25.3 Å². The Morgan fingerprint density at radius 1 is 1.21 bits per heavy atom. The van der Waals surface area contributed by atoms with Gasteiger partial charge in [-0.3, -0.25) is 10.1 Å². The van der Waals surface area contributed by atoms with Crippen LogP contribution >= 0.6 is 11.3 Å². The Hall–Kier alpha value is -2.94. The molecule has 1 aliphatic carbocycles. The van der Waals surface area contributed by atoms with Crippen LogP contribution in [0.15, 0.2) is 35.7 Å². The summed E-state index contributed by atoms with van der Waals surface area (Å²) in [5, 5.41) is 10.2. The number of urea groups is 1. The van der Waals surface area contributed by atoms with Crippen molar-refractivity contribution in [3.63, 3.8) is 0 Å². The summed E-state index contributed by atoms with van der Waals surface area (Å²) in [4.78, 5) is 40.4. The number of carbonyl (C=O) groups excluding carboxylic acids is 3. The number of nitrogens with one attached hydrogen (secondary N) is 3. The zero-order valence-electron chi connectivity index (χ0n) is 16.1. The maximum atomic E-state index is 12.2. The van der Waals surface area contributed by atoms with Crippen molar-refractivity contribution in [3.8, 4) is 0 Å². The van der Waals surface area contributed by atoms with Gasteiger partial charge in [0.15, 0.2) is 16.9 Å². The van der Waals surface area contributed by atoms with Crippen LogP contribution in [0.3, 0.4) is 0 Å². The molecule has 1 unspecified atom stereocenters. The first-order valence-corrected chi connectivity index (χ1v) is 10.4. The Morgan fingerprint density at radius 2 is 1.93 bits per heavy atom. The molecule has 2 aromatic rings. The van der Waals surface area contributed by atoms with E-state index in [1.54, 1.807) is 5.38 Å². The van der Waals surface area contributed by atoms with Crippen LogP contribution in [0.2, 0.25) is 0 Å². The number of nitrogens with zero attached hydrogens (tertiary/aromatic N) is 1. The lowest BCUT2D eigenvalue weighted by atomic mass is 10.2. The molecule has 29 heavy (non-hydrogen) atoms. The summed E-state index contributed by atoms with van der Waals surface area (Å²) < 4.78 is 5.13. The summed E-state index contributed by atoms with van der Waals surface area (Å²) in [6.45, 7) is 1.99. The highest BCUT2D eigenvalue weighted by Crippen LogP contribution is 2.18. The largest absolute Gasteiger partial charge is 0.448 e. The second-order valence-electron chi connectivity index (χ2n) is 6.87. The third-order valence-corrected chi connectivity index (χ3v) is 5.38. The predicted molar refractivity (Wildman–Crippen MR) is 110 cm³/mol. The van der Waals surface area contributed by atoms with Crippen molar-refractivity contribution in [3.05, 3.63) is 47.0 Å². The average Bonchev–Trinajstić information content (AvgIpc) is 3.39. The molecule has 9 heteroatoms. The number of amides is 3. The highest BCUT2D eigenvalue weighted by Gasteiger charge is 2.24. The highest BCUT2D eigenvalue weighted by atomic mass is 32.1. The van der Waals surface area contributed by atoms with Gasteiger partial charge in [0, 0.05) is 18.0 Å². The van der Waals surface area contributed by atoms with Gasteiger partial charge in [-0.25, -0.2) is 14.6 Å². The van der Waals surface area contributed by atoms with Gasteiger partial charge in [0.1, 0.15) is 0 Å². The molecule has 1 atom stereocenters. The Labute approximate surface area is 173 Å². The molecule has 1 aromatic carbocycles. The van der Waals surface area contributed by atoms with E-state index >= 15 is 0 Å². The normalized spacial score (nSPS) is 14.8. The van der Waals surface area contributed by atoms with Crippen LogP contribution in [-0.2, 0) is 16.1 Å². The summed E-state index contributed by atoms with van der Waals surface area (Å²) >= 11 is 1.27. The first kappa shape index (κ1) is 20.8. The smallest absolute Gasteiger partial charge is 0.358 e. The van der Waals surface area contributed by atoms with Crippen molar-refractivity contribution in [1.82, 2.24) is 15.6 Å². The number of thiazole rings is 1. The fourth-order valence-corrected chi connectivity index (χ4v) is 3.68. The quantitative estimate of drug-likeness (QED) is 0.599. The number of ether oxygens (including phenoxy) is 1. The molecule has 1 aliphatic rings. The molecular formula is C20H24N4O4S. The number of hydrogen-bond donors (Lipinski definition) is 3. The van der Waals surface area contributed by atoms with Gasteiger partial charge in [0.25, 0.3) is 5.91 Å². The lowest BCUT2D eigenvalue weighted by Gasteiger charge is -2.15. The zero-order valence-corrected chi connectivity index (χ0v) is 17.0. The molecule has 3 N–H and O–H groups in total. The van der Waals surface area contributed by atoms with Crippen LogP contribution in [-0.4, -0.2) is 35.0 Å². The molecular weight excluding hydrogens is 392 g/mol. The third kappa shape index (κ3) is 6.28. The number of aromatic nitrogens is 1. The Balaban J connectivity index is 1.44. The van der Waals surface area contributed by atoms with Crippen LogP contribution < -0.4 is 16.0 Å². The lowest BCUT2D eigenvalue weighted by molar-refractivity contribution is -0.127. The van der Waals surface area contributed by atoms with E-state index in [2.05, 4.69) is 20.9 Å². The molecule has 8 nitrogen and oxygen atoms in total. The van der Waals surface area contributed by atoms with Gasteiger partial charge >= 0.3 is 12.0 Å². The number of hydrogen-bond acceptors (Lipinski definition) is 7. The maximum absolute atomic E-state index is 12.2. The second kappa shape index (κ2) is 10.0. The van der Waals surface area contributed by atoms with Gasteiger partial charge in [-0.1, -0.05) is 43.2 Å². The second-order valence-corrected chi connectivity index (χ2v) is 7.73. The number of carbonyl (C=O) groups is 3. The van der Waals surface area contributed by atoms with Gasteiger partial charge in [-0.2, -0.15) is 0 Å². The number of rotatable bonds is 7. The standard InChI is InChI=1S/C20H24N4O4S/c1-13(17(25)24-19(27)22-15-9-5-6-10-15)28-18(26)16-12-29-20(23-16)21-11-14-7-3-2-4-8-14/h2-4,7-8,12-13,15H,5-6,9-11H2,1H3,(H,21,23)(H2,22,24,25,27). The molecule has 0 saturated heterocycles. The fraction of sp³-hybridized carbons (Fsp3) is 0.400. The van der Waals surface area contributed by atoms with Crippen molar-refractivity contribution < 1.29 is 19.1 Å². The van der Waals surface area contributed by atoms with Crippen LogP contribution in [0.25, 0.3) is 0 Å². The molecule has 0 bridgehead atoms. The minimum absolute atomic E-state index is 0.0949. The SMILES string of the molecule is CC(OC(=O)c1csc(NCc2ccccc2)n1)C(=O)NC(=O)NC1CCCC1. The van der Waals surface area contributed by atoms with E-state index in [1.165, 1.54) is 18.3 Å². The first-order chi connectivity index (χ1) is 14.0. The van der Waals surface area contributed by atoms with Crippen molar-refractivity contribution in [2.45, 2.75) is 51.3 Å². The van der Waals surface area contributed by atoms with Crippen LogP contribution in [0, 0.1) is 0 Å². The summed E-state index contributed by atoms with van der Waals surface area (Å²) in [5.41, 5.74) is 1.20. The Kier molecular flexibility index (Phi) is 7.18. The van der Waals surface area contributed by atoms with Crippen LogP contribution in [0.1, 0.15) is 48.7 Å². The number of benzene rings is 1. The third-order valence-electron chi connectivity index (χ3n) is 4.58. The van der Waals surface area contributed by atoms with E-state index in [4.69, 9.17) is 4.74 Å². The number of esters is 1. The molecule has 1 heterocycles. The molecule has 1 saturated carbocycles. The fourth-order valence-electron chi connectivity index (χ4n) is 3.00. The maximum Gasteiger partial charge on any atom is 0.358 e. The van der Waals surface area contributed by atoms with Crippen molar-refractivity contribution >= 4 is 34.4 Å². The Bertz CT molecular complexity index is 849. The molecule has 3 amide bonds. The minimum atomic E-state index is -1.11. The lowest BCUT2D eigenvalue weighted by Crippen LogP contribution is -2.47. The molecule has 154 valence electrons. The summed E-state index contributed by atoms with van der Waals surface area (Å²) in [5.74, 6) is -1.39. The van der Waals surface area contributed by atoms with Gasteiger partial charge in [0.2, 0.25) is 0 Å². The van der Waals surface area contributed by atoms with Crippen molar-refractivity contribution in [1.29, 1.82) is 0 Å². The van der Waals surface area contributed by atoms with Crippen molar-refractivity contribution in [2.24, 2.45) is 0 Å². The molecule has 0 spiro atoms. The summed E-state index contributed by atoms with van der Waals surface area (Å²) in [6.07, 6.45) is 2.86. The number of imide groups is 1. The molecule has 1 aromatic heterocycles. The number of anilines is 1. The van der Waals surface area contributed by atoms with Crippen molar-refractivity contribution in [2.75, 3.05) is 5.32 Å². The summed E-state index contributed by atoms with van der Waals surface area (Å²) in [7, 11) is 0. The van der Waals surface area contributed by atoms with E-state index in [0.717, 1.165) is 31.2 Å². The van der Waals surface area contributed by atoms with E-state index in [1.807, 2.05) is 30.3 Å². The molecule has 0 radical (unpaired) electrons.